The van der Waals surface area contributed by atoms with Gasteiger partial charge in [-0.05, 0) is 25.9 Å². The molecule has 0 bridgehead atoms. The maximum absolute atomic E-state index is 10.7. The van der Waals surface area contributed by atoms with Gasteiger partial charge in [0, 0.05) is 13.6 Å². The minimum Gasteiger partial charge on any atom is -0.448 e. The van der Waals surface area contributed by atoms with Crippen LogP contribution in [0.1, 0.15) is 19.3 Å². The van der Waals surface area contributed by atoms with Crippen molar-refractivity contribution >= 4 is 6.09 Å². The number of rotatable bonds is 3. The summed E-state index contributed by atoms with van der Waals surface area (Å²) in [6, 6.07) is 0. The lowest BCUT2D eigenvalue weighted by molar-refractivity contribution is 0.122. The van der Waals surface area contributed by atoms with E-state index in [9.17, 15) is 4.79 Å². The Morgan fingerprint density at radius 2 is 2.08 bits per heavy atom. The summed E-state index contributed by atoms with van der Waals surface area (Å²) in [5, 5.41) is 2.42. The Morgan fingerprint density at radius 3 is 2.69 bits per heavy atom. The van der Waals surface area contributed by atoms with E-state index in [0.717, 1.165) is 19.6 Å². The van der Waals surface area contributed by atoms with E-state index in [-0.39, 0.29) is 6.09 Å². The van der Waals surface area contributed by atoms with E-state index < -0.39 is 0 Å². The molecule has 1 rings (SSSR count). The lowest BCUT2D eigenvalue weighted by Gasteiger charge is -2.25. The van der Waals surface area contributed by atoms with Crippen molar-refractivity contribution in [3.63, 3.8) is 0 Å². The molecule has 0 saturated carbocycles. The average Bonchev–Trinajstić information content (AvgIpc) is 2.19. The summed E-state index contributed by atoms with van der Waals surface area (Å²) in [7, 11) is 1.57. The van der Waals surface area contributed by atoms with Gasteiger partial charge in [0.25, 0.3) is 0 Å². The molecule has 1 aliphatic heterocycles. The SMILES string of the molecule is CNC(=O)OCCN1CCCCC1. The highest BCUT2D eigenvalue weighted by molar-refractivity contribution is 5.66. The van der Waals surface area contributed by atoms with Gasteiger partial charge in [-0.25, -0.2) is 4.79 Å². The molecule has 0 aromatic rings. The molecule has 1 aliphatic rings. The molecule has 0 aliphatic carbocycles. The topological polar surface area (TPSA) is 41.6 Å². The number of amides is 1. The molecule has 1 heterocycles. The number of alkyl carbamates (subject to hydrolysis) is 1. The normalized spacial score (nSPS) is 18.2. The fraction of sp³-hybridized carbons (Fsp3) is 0.889. The Hall–Kier alpha value is -0.770. The first-order chi connectivity index (χ1) is 6.33. The third kappa shape index (κ3) is 4.12. The van der Waals surface area contributed by atoms with Crippen LogP contribution in [-0.2, 0) is 4.74 Å². The molecule has 0 aromatic heterocycles. The molecular weight excluding hydrogens is 168 g/mol. The van der Waals surface area contributed by atoms with Gasteiger partial charge in [-0.2, -0.15) is 0 Å². The van der Waals surface area contributed by atoms with Crippen molar-refractivity contribution in [2.24, 2.45) is 0 Å². The van der Waals surface area contributed by atoms with Crippen molar-refractivity contribution in [1.82, 2.24) is 10.2 Å². The van der Waals surface area contributed by atoms with Gasteiger partial charge in [0.15, 0.2) is 0 Å². The monoisotopic (exact) mass is 186 g/mol. The molecule has 0 atom stereocenters. The van der Waals surface area contributed by atoms with Crippen molar-refractivity contribution in [1.29, 1.82) is 0 Å². The molecule has 1 N–H and O–H groups in total. The number of nitrogens with one attached hydrogen (secondary N) is 1. The van der Waals surface area contributed by atoms with E-state index in [1.807, 2.05) is 0 Å². The van der Waals surface area contributed by atoms with Crippen molar-refractivity contribution < 1.29 is 9.53 Å². The summed E-state index contributed by atoms with van der Waals surface area (Å²) < 4.78 is 4.90. The van der Waals surface area contributed by atoms with Crippen LogP contribution in [0.5, 0.6) is 0 Å². The van der Waals surface area contributed by atoms with Gasteiger partial charge in [0.1, 0.15) is 6.61 Å². The van der Waals surface area contributed by atoms with Gasteiger partial charge in [-0.1, -0.05) is 6.42 Å². The maximum Gasteiger partial charge on any atom is 0.406 e. The second kappa shape index (κ2) is 5.80. The molecule has 4 nitrogen and oxygen atoms in total. The highest BCUT2D eigenvalue weighted by Gasteiger charge is 2.09. The van der Waals surface area contributed by atoms with Crippen LogP contribution in [0.4, 0.5) is 4.79 Å². The number of likely N-dealkylation sites (tertiary alicyclic amines) is 1. The van der Waals surface area contributed by atoms with E-state index in [2.05, 4.69) is 10.2 Å². The predicted octanol–water partition coefficient (Wildman–Crippen LogP) is 0.828. The number of nitrogens with zero attached hydrogens (tertiary/aromatic N) is 1. The average molecular weight is 186 g/mol. The summed E-state index contributed by atoms with van der Waals surface area (Å²) in [6.45, 7) is 3.67. The second-order valence-electron chi connectivity index (χ2n) is 3.29. The summed E-state index contributed by atoms with van der Waals surface area (Å²) in [4.78, 5) is 13.0. The number of carbonyl (C=O) groups is 1. The third-order valence-electron chi connectivity index (χ3n) is 2.29. The molecule has 0 spiro atoms. The van der Waals surface area contributed by atoms with Crippen LogP contribution >= 0.6 is 0 Å². The summed E-state index contributed by atoms with van der Waals surface area (Å²) >= 11 is 0. The maximum atomic E-state index is 10.7. The zero-order valence-corrected chi connectivity index (χ0v) is 8.21. The number of piperidine rings is 1. The van der Waals surface area contributed by atoms with E-state index >= 15 is 0 Å². The standard InChI is InChI=1S/C9H18N2O2/c1-10-9(12)13-8-7-11-5-3-2-4-6-11/h2-8H2,1H3,(H,10,12). The molecular formula is C9H18N2O2. The molecule has 4 heteroatoms. The summed E-state index contributed by atoms with van der Waals surface area (Å²) in [6.07, 6.45) is 3.56. The van der Waals surface area contributed by atoms with E-state index in [1.165, 1.54) is 19.3 Å². The Balaban J connectivity index is 2.01. The quantitative estimate of drug-likeness (QED) is 0.709. The lowest BCUT2D eigenvalue weighted by atomic mass is 10.1. The highest BCUT2D eigenvalue weighted by Crippen LogP contribution is 2.07. The Bertz CT molecular complexity index is 156. The fourth-order valence-corrected chi connectivity index (χ4v) is 1.52. The van der Waals surface area contributed by atoms with Crippen molar-refractivity contribution in [3.05, 3.63) is 0 Å². The van der Waals surface area contributed by atoms with Crippen molar-refractivity contribution in [2.75, 3.05) is 33.3 Å². The Labute approximate surface area is 79.2 Å². The van der Waals surface area contributed by atoms with Crippen LogP contribution in [0.25, 0.3) is 0 Å². The van der Waals surface area contributed by atoms with Gasteiger partial charge in [0.05, 0.1) is 0 Å². The van der Waals surface area contributed by atoms with Crippen LogP contribution in [-0.4, -0.2) is 44.3 Å². The summed E-state index contributed by atoms with van der Waals surface area (Å²) in [5.41, 5.74) is 0. The predicted molar refractivity (Wildman–Crippen MR) is 50.7 cm³/mol. The van der Waals surface area contributed by atoms with Gasteiger partial charge in [-0.15, -0.1) is 0 Å². The zero-order chi connectivity index (χ0) is 9.52. The lowest BCUT2D eigenvalue weighted by Crippen LogP contribution is -2.34. The van der Waals surface area contributed by atoms with E-state index in [1.54, 1.807) is 7.05 Å². The number of ether oxygens (including phenoxy) is 1. The molecule has 1 amide bonds. The van der Waals surface area contributed by atoms with Crippen LogP contribution in [0.15, 0.2) is 0 Å². The Kier molecular flexibility index (Phi) is 4.60. The molecule has 13 heavy (non-hydrogen) atoms. The first kappa shape index (κ1) is 10.3. The summed E-state index contributed by atoms with van der Waals surface area (Å²) in [5.74, 6) is 0. The minimum atomic E-state index is -0.336. The second-order valence-corrected chi connectivity index (χ2v) is 3.29. The fourth-order valence-electron chi connectivity index (χ4n) is 1.52. The zero-order valence-electron chi connectivity index (χ0n) is 8.21. The van der Waals surface area contributed by atoms with Gasteiger partial charge < -0.3 is 10.1 Å². The van der Waals surface area contributed by atoms with Gasteiger partial charge in [0.2, 0.25) is 0 Å². The number of hydrogen-bond acceptors (Lipinski definition) is 3. The molecule has 1 fully saturated rings. The first-order valence-corrected chi connectivity index (χ1v) is 4.90. The molecule has 0 unspecified atom stereocenters. The van der Waals surface area contributed by atoms with Crippen LogP contribution in [0, 0.1) is 0 Å². The van der Waals surface area contributed by atoms with E-state index in [4.69, 9.17) is 4.74 Å². The minimum absolute atomic E-state index is 0.336. The third-order valence-corrected chi connectivity index (χ3v) is 2.29. The number of carbonyl (C=O) groups excluding carboxylic acids is 1. The van der Waals surface area contributed by atoms with Crippen molar-refractivity contribution in [2.45, 2.75) is 19.3 Å². The van der Waals surface area contributed by atoms with Crippen LogP contribution < -0.4 is 5.32 Å². The Morgan fingerprint density at radius 1 is 1.38 bits per heavy atom. The molecule has 0 radical (unpaired) electrons. The molecule has 76 valence electrons. The molecule has 0 aromatic carbocycles. The van der Waals surface area contributed by atoms with Crippen molar-refractivity contribution in [3.8, 4) is 0 Å². The van der Waals surface area contributed by atoms with Gasteiger partial charge >= 0.3 is 6.09 Å². The largest absolute Gasteiger partial charge is 0.448 e. The number of hydrogen-bond donors (Lipinski definition) is 1. The van der Waals surface area contributed by atoms with Crippen LogP contribution in [0.2, 0.25) is 0 Å². The van der Waals surface area contributed by atoms with E-state index in [0.29, 0.717) is 6.61 Å². The van der Waals surface area contributed by atoms with Crippen LogP contribution in [0.3, 0.4) is 0 Å². The first-order valence-electron chi connectivity index (χ1n) is 4.90. The highest BCUT2D eigenvalue weighted by atomic mass is 16.5. The molecule has 1 saturated heterocycles. The van der Waals surface area contributed by atoms with Gasteiger partial charge in [-0.3, -0.25) is 4.90 Å². The smallest absolute Gasteiger partial charge is 0.406 e.